The van der Waals surface area contributed by atoms with E-state index in [1.165, 1.54) is 18.3 Å². The van der Waals surface area contributed by atoms with Gasteiger partial charge in [-0.1, -0.05) is 0 Å². The quantitative estimate of drug-likeness (QED) is 0.387. The molecule has 5 heterocycles. The number of aromatic hydroxyl groups is 1. The van der Waals surface area contributed by atoms with Crippen LogP contribution in [0.2, 0.25) is 0 Å². The zero-order valence-corrected chi connectivity index (χ0v) is 16.4. The number of pyridine rings is 3. The van der Waals surface area contributed by atoms with Gasteiger partial charge in [0.05, 0.1) is 28.6 Å². The highest BCUT2D eigenvalue weighted by atomic mass is 19.1. The van der Waals surface area contributed by atoms with Crippen LogP contribution in [0.25, 0.3) is 56.1 Å². The molecule has 0 aliphatic rings. The minimum atomic E-state index is -0.310. The van der Waals surface area contributed by atoms with Gasteiger partial charge < -0.3 is 10.1 Å². The van der Waals surface area contributed by atoms with Gasteiger partial charge in [0.25, 0.3) is 0 Å². The number of nitrogens with one attached hydrogen (secondary N) is 2. The Morgan fingerprint density at radius 3 is 2.50 bits per heavy atom. The van der Waals surface area contributed by atoms with Crippen molar-refractivity contribution in [1.82, 2.24) is 35.1 Å². The summed E-state index contributed by atoms with van der Waals surface area (Å²) < 4.78 is 13.4. The Labute approximate surface area is 179 Å². The number of fused-ring (bicyclic) bond motifs is 2. The number of hydrogen-bond acceptors (Lipinski definition) is 6. The van der Waals surface area contributed by atoms with Crippen LogP contribution >= 0.6 is 0 Å². The van der Waals surface area contributed by atoms with Gasteiger partial charge in [0.1, 0.15) is 22.6 Å². The second kappa shape index (κ2) is 6.95. The van der Waals surface area contributed by atoms with Crippen molar-refractivity contribution in [3.05, 3.63) is 72.9 Å². The molecule has 5 aromatic heterocycles. The summed E-state index contributed by atoms with van der Waals surface area (Å²) in [5, 5.41) is 17.1. The molecule has 0 atom stereocenters. The zero-order chi connectivity index (χ0) is 21.7. The molecule has 0 fully saturated rings. The highest BCUT2D eigenvalue weighted by Crippen LogP contribution is 2.31. The van der Waals surface area contributed by atoms with Crippen molar-refractivity contribution >= 4 is 22.1 Å². The molecule has 0 unspecified atom stereocenters. The van der Waals surface area contributed by atoms with Crippen molar-refractivity contribution < 1.29 is 9.50 Å². The van der Waals surface area contributed by atoms with E-state index in [0.29, 0.717) is 39.5 Å². The molecular formula is C23H14FN7O. The molecular weight excluding hydrogens is 409 g/mol. The molecule has 0 amide bonds. The second-order valence-electron chi connectivity index (χ2n) is 7.24. The Bertz CT molecular complexity index is 1600. The molecule has 0 aliphatic heterocycles. The number of aromatic amines is 2. The van der Waals surface area contributed by atoms with Crippen LogP contribution in [-0.2, 0) is 0 Å². The molecule has 6 aromatic rings. The molecule has 1 aromatic carbocycles. The van der Waals surface area contributed by atoms with Gasteiger partial charge in [0.15, 0.2) is 11.5 Å². The van der Waals surface area contributed by atoms with E-state index in [2.05, 4.69) is 25.1 Å². The number of rotatable bonds is 3. The van der Waals surface area contributed by atoms with E-state index in [-0.39, 0.29) is 11.6 Å². The summed E-state index contributed by atoms with van der Waals surface area (Å²) in [5.74, 6) is 0.284. The standard InChI is InChI=1S/C23H14FN7O/c24-14-3-1-12(2-4-14)19-20-17(7-8-26-19)28-23(29-20)22-21-18(30-31-22)6-5-16(27-21)13-9-15(32)11-25-10-13/h1-11,32H,(H,28,29)(H,30,31). The lowest BCUT2D eigenvalue weighted by Crippen LogP contribution is -1.88. The molecule has 0 radical (unpaired) electrons. The Balaban J connectivity index is 1.50. The molecule has 0 saturated heterocycles. The van der Waals surface area contributed by atoms with Crippen LogP contribution in [0.5, 0.6) is 5.75 Å². The average molecular weight is 423 g/mol. The van der Waals surface area contributed by atoms with Gasteiger partial charge in [-0.25, -0.2) is 14.4 Å². The van der Waals surface area contributed by atoms with Crippen LogP contribution < -0.4 is 0 Å². The van der Waals surface area contributed by atoms with Gasteiger partial charge >= 0.3 is 0 Å². The maximum Gasteiger partial charge on any atom is 0.161 e. The topological polar surface area (TPSA) is 116 Å². The first-order valence-corrected chi connectivity index (χ1v) is 9.76. The minimum Gasteiger partial charge on any atom is -0.506 e. The molecule has 0 aliphatic carbocycles. The van der Waals surface area contributed by atoms with Crippen molar-refractivity contribution in [2.45, 2.75) is 0 Å². The van der Waals surface area contributed by atoms with Gasteiger partial charge in [-0.3, -0.25) is 15.1 Å². The molecule has 0 saturated carbocycles. The summed E-state index contributed by atoms with van der Waals surface area (Å²) in [6, 6.07) is 13.3. The van der Waals surface area contributed by atoms with Gasteiger partial charge in [0.2, 0.25) is 0 Å². The van der Waals surface area contributed by atoms with E-state index in [1.54, 1.807) is 30.6 Å². The van der Waals surface area contributed by atoms with Crippen molar-refractivity contribution in [2.24, 2.45) is 0 Å². The van der Waals surface area contributed by atoms with E-state index < -0.39 is 0 Å². The predicted octanol–water partition coefficient (Wildman–Crippen LogP) is 4.47. The fourth-order valence-electron chi connectivity index (χ4n) is 3.66. The average Bonchev–Trinajstić information content (AvgIpc) is 3.43. The molecule has 154 valence electrons. The summed E-state index contributed by atoms with van der Waals surface area (Å²) in [7, 11) is 0. The van der Waals surface area contributed by atoms with Gasteiger partial charge in [0, 0.05) is 23.5 Å². The Kier molecular flexibility index (Phi) is 3.94. The lowest BCUT2D eigenvalue weighted by Gasteiger charge is -2.01. The number of benzene rings is 1. The summed E-state index contributed by atoms with van der Waals surface area (Å²) in [4.78, 5) is 21.2. The predicted molar refractivity (Wildman–Crippen MR) is 117 cm³/mol. The number of nitrogens with zero attached hydrogens (tertiary/aromatic N) is 5. The van der Waals surface area contributed by atoms with Gasteiger partial charge in [-0.05, 0) is 48.5 Å². The van der Waals surface area contributed by atoms with E-state index in [1.807, 2.05) is 18.2 Å². The smallest absolute Gasteiger partial charge is 0.161 e. The number of hydrogen-bond donors (Lipinski definition) is 3. The van der Waals surface area contributed by atoms with Crippen LogP contribution in [-0.4, -0.2) is 40.2 Å². The largest absolute Gasteiger partial charge is 0.506 e. The molecule has 8 nitrogen and oxygen atoms in total. The van der Waals surface area contributed by atoms with E-state index in [0.717, 1.165) is 16.6 Å². The monoisotopic (exact) mass is 423 g/mol. The third-order valence-electron chi connectivity index (χ3n) is 5.17. The van der Waals surface area contributed by atoms with E-state index in [9.17, 15) is 9.50 Å². The fraction of sp³-hybridized carbons (Fsp3) is 0. The number of imidazole rings is 1. The summed E-state index contributed by atoms with van der Waals surface area (Å²) in [5.41, 5.74) is 6.09. The number of halogens is 1. The van der Waals surface area contributed by atoms with Crippen LogP contribution in [0.3, 0.4) is 0 Å². The minimum absolute atomic E-state index is 0.0647. The number of H-pyrrole nitrogens is 2. The van der Waals surface area contributed by atoms with Crippen LogP contribution in [0.15, 0.2) is 67.1 Å². The first kappa shape index (κ1) is 18.1. The maximum absolute atomic E-state index is 13.4. The normalized spacial score (nSPS) is 11.4. The van der Waals surface area contributed by atoms with Gasteiger partial charge in [-0.2, -0.15) is 5.10 Å². The van der Waals surface area contributed by atoms with Crippen molar-refractivity contribution in [2.75, 3.05) is 0 Å². The first-order valence-electron chi connectivity index (χ1n) is 9.76. The van der Waals surface area contributed by atoms with E-state index in [4.69, 9.17) is 9.97 Å². The summed E-state index contributed by atoms with van der Waals surface area (Å²) in [6.07, 6.45) is 4.68. The summed E-state index contributed by atoms with van der Waals surface area (Å²) in [6.45, 7) is 0. The van der Waals surface area contributed by atoms with E-state index >= 15 is 0 Å². The van der Waals surface area contributed by atoms with Crippen molar-refractivity contribution in [1.29, 1.82) is 0 Å². The SMILES string of the molecule is Oc1cncc(-c2ccc3[nH]nc(-c4nc5c(-c6ccc(F)cc6)nccc5[nH]4)c3n2)c1. The number of aromatic nitrogens is 7. The first-order chi connectivity index (χ1) is 15.7. The highest BCUT2D eigenvalue weighted by Gasteiger charge is 2.17. The van der Waals surface area contributed by atoms with Crippen molar-refractivity contribution in [3.8, 4) is 39.8 Å². The highest BCUT2D eigenvalue weighted by molar-refractivity contribution is 5.95. The molecule has 0 spiro atoms. The second-order valence-corrected chi connectivity index (χ2v) is 7.24. The third-order valence-corrected chi connectivity index (χ3v) is 5.17. The Morgan fingerprint density at radius 1 is 0.812 bits per heavy atom. The maximum atomic E-state index is 13.4. The Morgan fingerprint density at radius 2 is 1.66 bits per heavy atom. The molecule has 9 heteroatoms. The molecule has 3 N–H and O–H groups in total. The van der Waals surface area contributed by atoms with Crippen LogP contribution in [0.1, 0.15) is 0 Å². The zero-order valence-electron chi connectivity index (χ0n) is 16.4. The summed E-state index contributed by atoms with van der Waals surface area (Å²) >= 11 is 0. The lowest BCUT2D eigenvalue weighted by molar-refractivity contribution is 0.473. The van der Waals surface area contributed by atoms with Crippen LogP contribution in [0.4, 0.5) is 4.39 Å². The van der Waals surface area contributed by atoms with Crippen LogP contribution in [0, 0.1) is 5.82 Å². The molecule has 6 rings (SSSR count). The Hall–Kier alpha value is -4.66. The van der Waals surface area contributed by atoms with Gasteiger partial charge in [-0.15, -0.1) is 0 Å². The fourth-order valence-corrected chi connectivity index (χ4v) is 3.66. The van der Waals surface area contributed by atoms with Crippen molar-refractivity contribution in [3.63, 3.8) is 0 Å². The molecule has 0 bridgehead atoms. The lowest BCUT2D eigenvalue weighted by atomic mass is 10.1. The third kappa shape index (κ3) is 2.95. The molecule has 32 heavy (non-hydrogen) atoms.